The molecule has 0 aliphatic heterocycles. The van der Waals surface area contributed by atoms with Crippen molar-refractivity contribution in [3.05, 3.63) is 46.7 Å². The number of aromatic nitrogens is 2. The van der Waals surface area contributed by atoms with Gasteiger partial charge in [-0.05, 0) is 24.1 Å². The van der Waals surface area contributed by atoms with Crippen LogP contribution in [0.1, 0.15) is 23.0 Å². The first-order valence-electron chi connectivity index (χ1n) is 5.69. The van der Waals surface area contributed by atoms with E-state index in [0.29, 0.717) is 11.6 Å². The standard InChI is InChI=1S/C13H14ClN3O/c1-9(18)12-8-16-13(17-12)15-7-6-10-2-4-11(14)5-3-10/h2-5,8H,6-7H2,1H3,(H2,15,16,17). The molecule has 0 unspecified atom stereocenters. The summed E-state index contributed by atoms with van der Waals surface area (Å²) in [7, 11) is 0. The Morgan fingerprint density at radius 2 is 2.11 bits per heavy atom. The first kappa shape index (κ1) is 12.6. The molecule has 0 fully saturated rings. The van der Waals surface area contributed by atoms with Crippen molar-refractivity contribution >= 4 is 23.3 Å². The van der Waals surface area contributed by atoms with Crippen LogP contribution in [0.25, 0.3) is 0 Å². The maximum atomic E-state index is 11.1. The fourth-order valence-corrected chi connectivity index (χ4v) is 1.69. The Morgan fingerprint density at radius 1 is 1.39 bits per heavy atom. The van der Waals surface area contributed by atoms with Crippen LogP contribution in [0, 0.1) is 0 Å². The summed E-state index contributed by atoms with van der Waals surface area (Å²) in [5, 5.41) is 3.87. The van der Waals surface area contributed by atoms with Gasteiger partial charge in [0.2, 0.25) is 5.95 Å². The van der Waals surface area contributed by atoms with Crippen LogP contribution in [0.15, 0.2) is 30.5 Å². The van der Waals surface area contributed by atoms with Crippen LogP contribution < -0.4 is 5.32 Å². The third kappa shape index (κ3) is 3.34. The summed E-state index contributed by atoms with van der Waals surface area (Å²) in [6.45, 7) is 2.25. The quantitative estimate of drug-likeness (QED) is 0.816. The SMILES string of the molecule is CC(=O)c1cnc(NCCc2ccc(Cl)cc2)[nH]1. The van der Waals surface area contributed by atoms with Gasteiger partial charge in [-0.25, -0.2) is 4.98 Å². The molecule has 1 aromatic heterocycles. The second-order valence-corrected chi connectivity index (χ2v) is 4.44. The minimum absolute atomic E-state index is 0.0201. The fourth-order valence-electron chi connectivity index (χ4n) is 1.57. The van der Waals surface area contributed by atoms with Gasteiger partial charge in [0, 0.05) is 18.5 Å². The van der Waals surface area contributed by atoms with Crippen LogP contribution in [-0.2, 0) is 6.42 Å². The molecule has 0 spiro atoms. The first-order chi connectivity index (χ1) is 8.65. The zero-order chi connectivity index (χ0) is 13.0. The van der Waals surface area contributed by atoms with E-state index >= 15 is 0 Å². The topological polar surface area (TPSA) is 57.8 Å². The Labute approximate surface area is 110 Å². The van der Waals surface area contributed by atoms with E-state index in [1.54, 1.807) is 0 Å². The maximum Gasteiger partial charge on any atom is 0.200 e. The zero-order valence-electron chi connectivity index (χ0n) is 10.0. The summed E-state index contributed by atoms with van der Waals surface area (Å²) < 4.78 is 0. The molecule has 0 aliphatic carbocycles. The third-order valence-electron chi connectivity index (χ3n) is 2.57. The smallest absolute Gasteiger partial charge is 0.200 e. The number of rotatable bonds is 5. The monoisotopic (exact) mass is 263 g/mol. The van der Waals surface area contributed by atoms with Crippen molar-refractivity contribution in [2.45, 2.75) is 13.3 Å². The third-order valence-corrected chi connectivity index (χ3v) is 2.83. The molecule has 0 bridgehead atoms. The lowest BCUT2D eigenvalue weighted by Crippen LogP contribution is -2.06. The molecule has 0 saturated heterocycles. The number of nitrogens with one attached hydrogen (secondary N) is 2. The number of hydrogen-bond acceptors (Lipinski definition) is 3. The van der Waals surface area contributed by atoms with E-state index in [1.807, 2.05) is 24.3 Å². The van der Waals surface area contributed by atoms with Crippen molar-refractivity contribution in [2.24, 2.45) is 0 Å². The molecule has 94 valence electrons. The summed E-state index contributed by atoms with van der Waals surface area (Å²) in [5.41, 5.74) is 1.72. The number of ketones is 1. The van der Waals surface area contributed by atoms with Crippen LogP contribution in [-0.4, -0.2) is 22.3 Å². The molecule has 1 aromatic carbocycles. The molecule has 0 radical (unpaired) electrons. The summed E-state index contributed by atoms with van der Waals surface area (Å²) in [6, 6.07) is 7.73. The van der Waals surface area contributed by atoms with Gasteiger partial charge < -0.3 is 10.3 Å². The number of H-pyrrole nitrogens is 1. The zero-order valence-corrected chi connectivity index (χ0v) is 10.8. The lowest BCUT2D eigenvalue weighted by Gasteiger charge is -2.03. The number of aromatic amines is 1. The number of imidazole rings is 1. The van der Waals surface area contributed by atoms with E-state index in [1.165, 1.54) is 18.7 Å². The highest BCUT2D eigenvalue weighted by atomic mass is 35.5. The van der Waals surface area contributed by atoms with Gasteiger partial charge in [0.15, 0.2) is 5.78 Å². The van der Waals surface area contributed by atoms with E-state index in [2.05, 4.69) is 15.3 Å². The Morgan fingerprint density at radius 3 is 2.72 bits per heavy atom. The molecular formula is C13H14ClN3O. The Balaban J connectivity index is 1.84. The number of carbonyl (C=O) groups excluding carboxylic acids is 1. The Kier molecular flexibility index (Phi) is 3.99. The fraction of sp³-hybridized carbons (Fsp3) is 0.231. The maximum absolute atomic E-state index is 11.1. The number of anilines is 1. The molecule has 0 atom stereocenters. The molecule has 4 nitrogen and oxygen atoms in total. The minimum atomic E-state index is -0.0201. The number of nitrogens with zero attached hydrogens (tertiary/aromatic N) is 1. The Bertz CT molecular complexity index is 533. The molecule has 2 N–H and O–H groups in total. The molecule has 0 saturated carbocycles. The molecular weight excluding hydrogens is 250 g/mol. The summed E-state index contributed by atoms with van der Waals surface area (Å²) in [4.78, 5) is 18.1. The number of hydrogen-bond donors (Lipinski definition) is 2. The van der Waals surface area contributed by atoms with Crippen molar-refractivity contribution in [3.8, 4) is 0 Å². The van der Waals surface area contributed by atoms with E-state index < -0.39 is 0 Å². The number of benzene rings is 1. The van der Waals surface area contributed by atoms with Gasteiger partial charge in [-0.3, -0.25) is 4.79 Å². The molecule has 5 heteroatoms. The molecule has 0 aliphatic rings. The predicted molar refractivity (Wildman–Crippen MR) is 72.2 cm³/mol. The van der Waals surface area contributed by atoms with Crippen molar-refractivity contribution in [3.63, 3.8) is 0 Å². The molecule has 2 rings (SSSR count). The predicted octanol–water partition coefficient (Wildman–Crippen LogP) is 2.92. The Hall–Kier alpha value is -1.81. The molecule has 0 amide bonds. The van der Waals surface area contributed by atoms with Gasteiger partial charge in [-0.2, -0.15) is 0 Å². The van der Waals surface area contributed by atoms with Crippen LogP contribution in [0.3, 0.4) is 0 Å². The van der Waals surface area contributed by atoms with Crippen molar-refractivity contribution in [2.75, 3.05) is 11.9 Å². The average Bonchev–Trinajstić information content (AvgIpc) is 2.81. The number of Topliss-reactive ketones (excluding diaryl/α,β-unsaturated/α-hetero) is 1. The van der Waals surface area contributed by atoms with E-state index in [4.69, 9.17) is 11.6 Å². The lowest BCUT2D eigenvalue weighted by atomic mass is 10.1. The summed E-state index contributed by atoms with van der Waals surface area (Å²) in [6.07, 6.45) is 2.40. The summed E-state index contributed by atoms with van der Waals surface area (Å²) >= 11 is 5.81. The highest BCUT2D eigenvalue weighted by Gasteiger charge is 2.03. The largest absolute Gasteiger partial charge is 0.355 e. The van der Waals surface area contributed by atoms with Crippen LogP contribution in [0.5, 0.6) is 0 Å². The van der Waals surface area contributed by atoms with Crippen molar-refractivity contribution in [1.29, 1.82) is 0 Å². The van der Waals surface area contributed by atoms with Gasteiger partial charge >= 0.3 is 0 Å². The van der Waals surface area contributed by atoms with Crippen molar-refractivity contribution in [1.82, 2.24) is 9.97 Å². The van der Waals surface area contributed by atoms with Gasteiger partial charge in [0.25, 0.3) is 0 Å². The van der Waals surface area contributed by atoms with Crippen LogP contribution in [0.4, 0.5) is 5.95 Å². The highest BCUT2D eigenvalue weighted by molar-refractivity contribution is 6.30. The van der Waals surface area contributed by atoms with E-state index in [-0.39, 0.29) is 5.78 Å². The van der Waals surface area contributed by atoms with Crippen LogP contribution in [0.2, 0.25) is 5.02 Å². The number of halogens is 1. The van der Waals surface area contributed by atoms with Gasteiger partial charge in [-0.15, -0.1) is 0 Å². The second-order valence-electron chi connectivity index (χ2n) is 4.00. The second kappa shape index (κ2) is 5.69. The van der Waals surface area contributed by atoms with Gasteiger partial charge in [0.1, 0.15) is 5.69 Å². The average molecular weight is 264 g/mol. The van der Waals surface area contributed by atoms with Crippen LogP contribution >= 0.6 is 11.6 Å². The number of carbonyl (C=O) groups is 1. The lowest BCUT2D eigenvalue weighted by molar-refractivity contribution is 0.101. The first-order valence-corrected chi connectivity index (χ1v) is 6.07. The molecule has 1 heterocycles. The van der Waals surface area contributed by atoms with E-state index in [9.17, 15) is 4.79 Å². The molecule has 2 aromatic rings. The van der Waals surface area contributed by atoms with Gasteiger partial charge in [-0.1, -0.05) is 23.7 Å². The minimum Gasteiger partial charge on any atom is -0.355 e. The van der Waals surface area contributed by atoms with Crippen molar-refractivity contribution < 1.29 is 4.79 Å². The van der Waals surface area contributed by atoms with Gasteiger partial charge in [0.05, 0.1) is 6.20 Å². The normalized spacial score (nSPS) is 10.3. The van der Waals surface area contributed by atoms with E-state index in [0.717, 1.165) is 18.0 Å². The highest BCUT2D eigenvalue weighted by Crippen LogP contribution is 2.10. The molecule has 18 heavy (non-hydrogen) atoms. The summed E-state index contributed by atoms with van der Waals surface area (Å²) in [5.74, 6) is 0.599.